The van der Waals surface area contributed by atoms with Crippen LogP contribution in [0.1, 0.15) is 37.3 Å². The predicted molar refractivity (Wildman–Crippen MR) is 108 cm³/mol. The highest BCUT2D eigenvalue weighted by molar-refractivity contribution is 7.87. The van der Waals surface area contributed by atoms with Crippen LogP contribution in [-0.4, -0.2) is 52.6 Å². The van der Waals surface area contributed by atoms with E-state index >= 15 is 0 Å². The zero-order valence-corrected chi connectivity index (χ0v) is 17.8. The standard InChI is InChI=1S/C18H31N3O3S.ClH/c1-5-15(11-12-19-25(22,23)21(2)3)20-16-10-9-14-7-6-8-18(24-4)17(14)13-16;/h6-8,15-16,19-20H,5,9-13H2,1-4H3;1H. The number of methoxy groups -OCH3 is 1. The molecule has 0 saturated carbocycles. The number of rotatable bonds is 9. The van der Waals surface area contributed by atoms with Gasteiger partial charge >= 0.3 is 0 Å². The molecular weight excluding hydrogens is 374 g/mol. The minimum atomic E-state index is -3.35. The molecule has 0 aromatic heterocycles. The number of aryl methyl sites for hydroxylation is 1. The fourth-order valence-corrected chi connectivity index (χ4v) is 3.95. The maximum atomic E-state index is 11.8. The molecule has 150 valence electrons. The first-order valence-corrected chi connectivity index (χ1v) is 10.4. The van der Waals surface area contributed by atoms with E-state index in [1.54, 1.807) is 7.11 Å². The molecule has 0 aliphatic heterocycles. The summed E-state index contributed by atoms with van der Waals surface area (Å²) in [5.41, 5.74) is 2.68. The Bertz CT molecular complexity index is 653. The lowest BCUT2D eigenvalue weighted by molar-refractivity contribution is 0.358. The molecule has 1 aromatic carbocycles. The molecule has 0 saturated heterocycles. The lowest BCUT2D eigenvalue weighted by atomic mass is 9.87. The van der Waals surface area contributed by atoms with Crippen molar-refractivity contribution < 1.29 is 13.2 Å². The number of hydrogen-bond donors (Lipinski definition) is 2. The van der Waals surface area contributed by atoms with Gasteiger partial charge in [0.25, 0.3) is 10.2 Å². The Morgan fingerprint density at radius 1 is 1.35 bits per heavy atom. The number of nitrogens with one attached hydrogen (secondary N) is 2. The topological polar surface area (TPSA) is 70.7 Å². The Labute approximate surface area is 164 Å². The summed E-state index contributed by atoms with van der Waals surface area (Å²) in [5, 5.41) is 3.71. The van der Waals surface area contributed by atoms with Gasteiger partial charge in [-0.05, 0) is 49.3 Å². The largest absolute Gasteiger partial charge is 0.496 e. The van der Waals surface area contributed by atoms with Crippen molar-refractivity contribution in [3.8, 4) is 5.75 Å². The zero-order valence-electron chi connectivity index (χ0n) is 16.1. The van der Waals surface area contributed by atoms with Crippen molar-refractivity contribution in [1.29, 1.82) is 0 Å². The summed E-state index contributed by atoms with van der Waals surface area (Å²) < 4.78 is 32.9. The van der Waals surface area contributed by atoms with Crippen molar-refractivity contribution in [2.75, 3.05) is 27.7 Å². The molecule has 26 heavy (non-hydrogen) atoms. The number of benzene rings is 1. The van der Waals surface area contributed by atoms with Crippen LogP contribution in [0.15, 0.2) is 18.2 Å². The minimum absolute atomic E-state index is 0. The molecule has 2 rings (SSSR count). The van der Waals surface area contributed by atoms with Gasteiger partial charge in [-0.1, -0.05) is 19.1 Å². The van der Waals surface area contributed by atoms with E-state index in [0.29, 0.717) is 18.6 Å². The van der Waals surface area contributed by atoms with Gasteiger partial charge < -0.3 is 10.1 Å². The first-order chi connectivity index (χ1) is 11.9. The van der Waals surface area contributed by atoms with Crippen LogP contribution in [0.2, 0.25) is 0 Å². The van der Waals surface area contributed by atoms with Gasteiger partial charge in [-0.15, -0.1) is 12.4 Å². The Balaban J connectivity index is 0.00000338. The van der Waals surface area contributed by atoms with Gasteiger partial charge in [0.1, 0.15) is 5.75 Å². The van der Waals surface area contributed by atoms with E-state index in [1.807, 2.05) is 6.07 Å². The van der Waals surface area contributed by atoms with Crippen LogP contribution in [0.25, 0.3) is 0 Å². The van der Waals surface area contributed by atoms with Gasteiger partial charge in [-0.3, -0.25) is 0 Å². The molecule has 2 atom stereocenters. The van der Waals surface area contributed by atoms with Gasteiger partial charge in [0.2, 0.25) is 0 Å². The van der Waals surface area contributed by atoms with Crippen LogP contribution in [0.5, 0.6) is 5.75 Å². The number of halogens is 1. The van der Waals surface area contributed by atoms with Crippen molar-refractivity contribution in [2.45, 2.75) is 51.1 Å². The molecule has 6 nitrogen and oxygen atoms in total. The lowest BCUT2D eigenvalue weighted by Gasteiger charge is -2.30. The number of nitrogens with zero attached hydrogens (tertiary/aromatic N) is 1. The monoisotopic (exact) mass is 405 g/mol. The van der Waals surface area contributed by atoms with Crippen molar-refractivity contribution in [1.82, 2.24) is 14.3 Å². The average molecular weight is 406 g/mol. The summed E-state index contributed by atoms with van der Waals surface area (Å²) in [6, 6.07) is 6.96. The lowest BCUT2D eigenvalue weighted by Crippen LogP contribution is -2.44. The third kappa shape index (κ3) is 6.09. The molecule has 0 amide bonds. The third-order valence-electron chi connectivity index (χ3n) is 4.88. The van der Waals surface area contributed by atoms with Crippen LogP contribution >= 0.6 is 12.4 Å². The minimum Gasteiger partial charge on any atom is -0.496 e. The SMILES string of the molecule is CCC(CCNS(=O)(=O)N(C)C)NC1CCc2cccc(OC)c2C1.Cl. The van der Waals surface area contributed by atoms with Crippen LogP contribution in [0, 0.1) is 0 Å². The summed E-state index contributed by atoms with van der Waals surface area (Å²) in [4.78, 5) is 0. The zero-order chi connectivity index (χ0) is 18.4. The first kappa shape index (κ1) is 23.2. The van der Waals surface area contributed by atoms with Crippen LogP contribution in [0.4, 0.5) is 0 Å². The molecule has 0 bridgehead atoms. The maximum absolute atomic E-state index is 11.8. The number of ether oxygens (including phenoxy) is 1. The molecule has 1 aliphatic carbocycles. The highest BCUT2D eigenvalue weighted by Crippen LogP contribution is 2.29. The molecule has 0 spiro atoms. The average Bonchev–Trinajstić information content (AvgIpc) is 2.59. The van der Waals surface area contributed by atoms with E-state index in [4.69, 9.17) is 4.74 Å². The highest BCUT2D eigenvalue weighted by Gasteiger charge is 2.23. The van der Waals surface area contributed by atoms with Gasteiger partial charge in [-0.2, -0.15) is 12.7 Å². The van der Waals surface area contributed by atoms with Gasteiger partial charge in [0.05, 0.1) is 7.11 Å². The second-order valence-electron chi connectivity index (χ2n) is 6.78. The number of hydrogen-bond acceptors (Lipinski definition) is 4. The molecule has 1 aromatic rings. The van der Waals surface area contributed by atoms with E-state index in [1.165, 1.54) is 29.5 Å². The van der Waals surface area contributed by atoms with Crippen molar-refractivity contribution in [3.63, 3.8) is 0 Å². The quantitative estimate of drug-likeness (QED) is 0.660. The summed E-state index contributed by atoms with van der Waals surface area (Å²) in [6.45, 7) is 2.58. The normalized spacial score (nSPS) is 18.1. The van der Waals surface area contributed by atoms with E-state index < -0.39 is 10.2 Å². The molecule has 2 N–H and O–H groups in total. The van der Waals surface area contributed by atoms with E-state index in [-0.39, 0.29) is 12.4 Å². The predicted octanol–water partition coefficient (Wildman–Crippen LogP) is 2.13. The fraction of sp³-hybridized carbons (Fsp3) is 0.667. The summed E-state index contributed by atoms with van der Waals surface area (Å²) >= 11 is 0. The van der Waals surface area contributed by atoms with E-state index in [2.05, 4.69) is 29.1 Å². The van der Waals surface area contributed by atoms with Gasteiger partial charge in [0, 0.05) is 32.7 Å². The Morgan fingerprint density at radius 2 is 2.08 bits per heavy atom. The Morgan fingerprint density at radius 3 is 2.69 bits per heavy atom. The maximum Gasteiger partial charge on any atom is 0.278 e. The van der Waals surface area contributed by atoms with Crippen molar-refractivity contribution >= 4 is 22.6 Å². The molecule has 0 fully saturated rings. The molecule has 8 heteroatoms. The summed E-state index contributed by atoms with van der Waals surface area (Å²) in [7, 11) is 1.44. The summed E-state index contributed by atoms with van der Waals surface area (Å²) in [5.74, 6) is 0.968. The van der Waals surface area contributed by atoms with Crippen LogP contribution < -0.4 is 14.8 Å². The molecule has 0 radical (unpaired) electrons. The Hall–Kier alpha value is -0.860. The van der Waals surface area contributed by atoms with Crippen molar-refractivity contribution in [3.05, 3.63) is 29.3 Å². The highest BCUT2D eigenvalue weighted by atomic mass is 35.5. The molecular formula is C18H32ClN3O3S. The Kier molecular flexibility index (Phi) is 9.33. The molecule has 0 heterocycles. The fourth-order valence-electron chi connectivity index (χ4n) is 3.32. The first-order valence-electron chi connectivity index (χ1n) is 8.95. The third-order valence-corrected chi connectivity index (χ3v) is 6.42. The molecule has 1 aliphatic rings. The molecule has 2 unspecified atom stereocenters. The van der Waals surface area contributed by atoms with Gasteiger partial charge in [-0.25, -0.2) is 4.72 Å². The second-order valence-corrected chi connectivity index (χ2v) is 8.75. The smallest absolute Gasteiger partial charge is 0.278 e. The summed E-state index contributed by atoms with van der Waals surface area (Å²) in [6.07, 6.45) is 4.85. The van der Waals surface area contributed by atoms with E-state index in [0.717, 1.165) is 37.9 Å². The van der Waals surface area contributed by atoms with Crippen LogP contribution in [0.3, 0.4) is 0 Å². The van der Waals surface area contributed by atoms with Crippen molar-refractivity contribution in [2.24, 2.45) is 0 Å². The van der Waals surface area contributed by atoms with Crippen LogP contribution in [-0.2, 0) is 23.1 Å². The second kappa shape index (κ2) is 10.5. The number of fused-ring (bicyclic) bond motifs is 1. The van der Waals surface area contributed by atoms with E-state index in [9.17, 15) is 8.42 Å². The van der Waals surface area contributed by atoms with Gasteiger partial charge in [0.15, 0.2) is 0 Å².